The Bertz CT molecular complexity index is 937. The Labute approximate surface area is 153 Å². The fourth-order valence-electron chi connectivity index (χ4n) is 1.99. The van der Waals surface area contributed by atoms with Crippen LogP contribution in [0.4, 0.5) is 11.6 Å². The molecule has 132 valence electrons. The lowest BCUT2D eigenvalue weighted by Crippen LogP contribution is -2.32. The van der Waals surface area contributed by atoms with E-state index in [0.29, 0.717) is 12.5 Å². The molecule has 0 radical (unpaired) electrons. The molecule has 0 bridgehead atoms. The molecule has 0 unspecified atom stereocenters. The quantitative estimate of drug-likeness (QED) is 0.785. The van der Waals surface area contributed by atoms with Crippen molar-refractivity contribution >= 4 is 51.2 Å². The van der Waals surface area contributed by atoms with E-state index in [1.165, 1.54) is 42.9 Å². The summed E-state index contributed by atoms with van der Waals surface area (Å²) in [6, 6.07) is 4.30. The van der Waals surface area contributed by atoms with E-state index in [1.54, 1.807) is 0 Å². The number of halogens is 2. The number of hydrazine groups is 1. The highest BCUT2D eigenvalue weighted by molar-refractivity contribution is 7.92. The number of hydrogen-bond acceptors (Lipinski definition) is 8. The number of anilines is 2. The number of hydrogen-bond donors (Lipinski definition) is 2. The molecule has 0 atom stereocenters. The smallest absolute Gasteiger partial charge is 0.264 e. The van der Waals surface area contributed by atoms with Crippen LogP contribution in [-0.2, 0) is 10.0 Å². The molecule has 2 aromatic rings. The summed E-state index contributed by atoms with van der Waals surface area (Å²) in [4.78, 5) is 12.1. The van der Waals surface area contributed by atoms with E-state index in [4.69, 9.17) is 27.9 Å². The second-order valence-corrected chi connectivity index (χ2v) is 7.16. The molecule has 2 heterocycles. The van der Waals surface area contributed by atoms with E-state index in [-0.39, 0.29) is 26.6 Å². The molecule has 1 aromatic carbocycles. The molecule has 1 aliphatic heterocycles. The summed E-state index contributed by atoms with van der Waals surface area (Å²) >= 11 is 11.9. The molecular weight excluding hydrogens is 391 g/mol. The van der Waals surface area contributed by atoms with E-state index >= 15 is 0 Å². The van der Waals surface area contributed by atoms with Gasteiger partial charge in [0, 0.05) is 0 Å². The number of methoxy groups -OCH3 is 1. The third kappa shape index (κ3) is 3.61. The highest BCUT2D eigenvalue weighted by Gasteiger charge is 2.23. The summed E-state index contributed by atoms with van der Waals surface area (Å²) < 4.78 is 32.5. The van der Waals surface area contributed by atoms with Crippen molar-refractivity contribution in [3.05, 3.63) is 34.4 Å². The molecule has 0 saturated carbocycles. The topological polar surface area (TPSA) is 109 Å². The summed E-state index contributed by atoms with van der Waals surface area (Å²) in [5.74, 6) is 0.293. The Kier molecular flexibility index (Phi) is 4.95. The molecular formula is C13H12Cl2N6O3S. The first kappa shape index (κ1) is 17.7. The predicted octanol–water partition coefficient (Wildman–Crippen LogP) is 1.90. The molecule has 2 N–H and O–H groups in total. The first-order valence-electron chi connectivity index (χ1n) is 6.83. The maximum Gasteiger partial charge on any atom is 0.264 e. The first-order chi connectivity index (χ1) is 11.9. The number of ether oxygens (including phenoxy) is 1. The van der Waals surface area contributed by atoms with Crippen LogP contribution in [0.25, 0.3) is 0 Å². The number of aromatic nitrogens is 2. The van der Waals surface area contributed by atoms with Crippen LogP contribution < -0.4 is 19.9 Å². The van der Waals surface area contributed by atoms with Crippen molar-refractivity contribution < 1.29 is 13.2 Å². The molecule has 0 aliphatic carbocycles. The van der Waals surface area contributed by atoms with Crippen LogP contribution in [-0.4, -0.2) is 38.5 Å². The minimum absolute atomic E-state index is 0.0127. The molecule has 0 amide bonds. The van der Waals surface area contributed by atoms with Crippen molar-refractivity contribution in [3.63, 3.8) is 0 Å². The summed E-state index contributed by atoms with van der Waals surface area (Å²) in [5, 5.41) is 1.57. The molecule has 25 heavy (non-hydrogen) atoms. The van der Waals surface area contributed by atoms with Crippen LogP contribution in [0.2, 0.25) is 10.0 Å². The van der Waals surface area contributed by atoms with E-state index in [2.05, 4.69) is 25.1 Å². The van der Waals surface area contributed by atoms with Gasteiger partial charge in [-0.05, 0) is 12.1 Å². The van der Waals surface area contributed by atoms with Gasteiger partial charge >= 0.3 is 0 Å². The minimum atomic E-state index is -4.04. The van der Waals surface area contributed by atoms with Gasteiger partial charge in [0.15, 0.2) is 5.82 Å². The number of nitrogens with zero attached hydrogens (tertiary/aromatic N) is 4. The highest BCUT2D eigenvalue weighted by atomic mass is 35.5. The van der Waals surface area contributed by atoms with Gasteiger partial charge in [-0.15, -0.1) is 0 Å². The van der Waals surface area contributed by atoms with Gasteiger partial charge in [-0.3, -0.25) is 9.71 Å². The number of rotatable bonds is 5. The third-order valence-electron chi connectivity index (χ3n) is 3.13. The zero-order chi connectivity index (χ0) is 18.0. The lowest BCUT2D eigenvalue weighted by molar-refractivity contribution is 0.398. The monoisotopic (exact) mass is 402 g/mol. The van der Waals surface area contributed by atoms with Gasteiger partial charge in [0.2, 0.25) is 5.82 Å². The van der Waals surface area contributed by atoms with Gasteiger partial charge in [-0.25, -0.2) is 23.8 Å². The highest BCUT2D eigenvalue weighted by Crippen LogP contribution is 2.31. The van der Waals surface area contributed by atoms with Crippen molar-refractivity contribution in [2.24, 2.45) is 4.99 Å². The molecule has 1 aromatic heterocycles. The average Bonchev–Trinajstić information content (AvgIpc) is 3.11. The summed E-state index contributed by atoms with van der Waals surface area (Å²) in [6.45, 7) is 0.408. The molecule has 9 nitrogen and oxygen atoms in total. The van der Waals surface area contributed by atoms with E-state index in [9.17, 15) is 8.42 Å². The fourth-order valence-corrected chi connectivity index (χ4v) is 3.76. The van der Waals surface area contributed by atoms with Crippen molar-refractivity contribution in [2.75, 3.05) is 23.5 Å². The zero-order valence-corrected chi connectivity index (χ0v) is 15.1. The van der Waals surface area contributed by atoms with Gasteiger partial charge in [-0.1, -0.05) is 29.3 Å². The standard InChI is InChI=1S/C13H12Cl2N6O3S/c1-24-13-12(17-5-10(19-13)21-7-16-6-18-21)20-25(22,23)9-4-2-3-8(14)11(9)15/h2-5,7,18H,6H2,1H3,(H,17,20). The van der Waals surface area contributed by atoms with Crippen LogP contribution in [0.1, 0.15) is 0 Å². The normalized spacial score (nSPS) is 14.0. The number of aliphatic imine (C=N–C) groups is 1. The fraction of sp³-hybridized carbons (Fsp3) is 0.154. The molecule has 1 aliphatic rings. The molecule has 3 rings (SSSR count). The summed E-state index contributed by atoms with van der Waals surface area (Å²) in [6.07, 6.45) is 2.89. The van der Waals surface area contributed by atoms with Crippen LogP contribution in [0.3, 0.4) is 0 Å². The van der Waals surface area contributed by atoms with Crippen LogP contribution >= 0.6 is 23.2 Å². The SMILES string of the molecule is COc1nc(N2C=NCN2)cnc1NS(=O)(=O)c1cccc(Cl)c1Cl. The van der Waals surface area contributed by atoms with Crippen LogP contribution in [0.5, 0.6) is 5.88 Å². The van der Waals surface area contributed by atoms with Crippen LogP contribution in [0, 0.1) is 0 Å². The van der Waals surface area contributed by atoms with Gasteiger partial charge in [0.05, 0.1) is 23.4 Å². The van der Waals surface area contributed by atoms with E-state index in [1.807, 2.05) is 0 Å². The predicted molar refractivity (Wildman–Crippen MR) is 94.8 cm³/mol. The summed E-state index contributed by atoms with van der Waals surface area (Å²) in [5.41, 5.74) is 2.91. The number of benzene rings is 1. The minimum Gasteiger partial charge on any atom is -0.478 e. The van der Waals surface area contributed by atoms with Crippen molar-refractivity contribution in [1.29, 1.82) is 0 Å². The van der Waals surface area contributed by atoms with E-state index in [0.717, 1.165) is 0 Å². The second-order valence-electron chi connectivity index (χ2n) is 4.73. The lowest BCUT2D eigenvalue weighted by Gasteiger charge is -2.16. The third-order valence-corrected chi connectivity index (χ3v) is 5.45. The maximum atomic E-state index is 12.6. The van der Waals surface area contributed by atoms with Crippen molar-refractivity contribution in [1.82, 2.24) is 15.4 Å². The second kappa shape index (κ2) is 7.00. The molecule has 0 spiro atoms. The number of sulfonamides is 1. The van der Waals surface area contributed by atoms with Gasteiger partial charge < -0.3 is 4.74 Å². The lowest BCUT2D eigenvalue weighted by atomic mass is 10.4. The Morgan fingerprint density at radius 2 is 2.16 bits per heavy atom. The Morgan fingerprint density at radius 1 is 1.36 bits per heavy atom. The first-order valence-corrected chi connectivity index (χ1v) is 9.07. The van der Waals surface area contributed by atoms with Gasteiger partial charge in [0.1, 0.15) is 17.9 Å². The van der Waals surface area contributed by atoms with Crippen molar-refractivity contribution in [2.45, 2.75) is 4.90 Å². The van der Waals surface area contributed by atoms with Crippen molar-refractivity contribution in [3.8, 4) is 5.88 Å². The summed E-state index contributed by atoms with van der Waals surface area (Å²) in [7, 11) is -2.68. The maximum absolute atomic E-state index is 12.6. The largest absolute Gasteiger partial charge is 0.478 e. The molecule has 0 fully saturated rings. The van der Waals surface area contributed by atoms with E-state index < -0.39 is 10.0 Å². The Hall–Kier alpha value is -2.14. The average molecular weight is 403 g/mol. The van der Waals surface area contributed by atoms with Gasteiger partial charge in [-0.2, -0.15) is 4.98 Å². The van der Waals surface area contributed by atoms with Crippen LogP contribution in [0.15, 0.2) is 34.3 Å². The number of nitrogens with one attached hydrogen (secondary N) is 2. The van der Waals surface area contributed by atoms with Gasteiger partial charge in [0.25, 0.3) is 15.9 Å². The Balaban J connectivity index is 1.94. The Morgan fingerprint density at radius 3 is 2.84 bits per heavy atom. The molecule has 0 saturated heterocycles. The zero-order valence-electron chi connectivity index (χ0n) is 12.8. The molecule has 12 heteroatoms.